The van der Waals surface area contributed by atoms with Crippen LogP contribution in [0.5, 0.6) is 0 Å². The molecule has 0 saturated carbocycles. The van der Waals surface area contributed by atoms with Crippen LogP contribution < -0.4 is 10.6 Å². The van der Waals surface area contributed by atoms with Gasteiger partial charge in [0.1, 0.15) is 18.2 Å². The Bertz CT molecular complexity index is 1130. The van der Waals surface area contributed by atoms with E-state index in [9.17, 15) is 14.4 Å². The molecule has 3 aromatic rings. The van der Waals surface area contributed by atoms with Crippen molar-refractivity contribution in [1.29, 1.82) is 0 Å². The Kier molecular flexibility index (Phi) is 7.17. The highest BCUT2D eigenvalue weighted by Crippen LogP contribution is 2.26. The number of hydrogen-bond acceptors (Lipinski definition) is 6. The Hall–Kier alpha value is -2.68. The van der Waals surface area contributed by atoms with E-state index in [0.717, 1.165) is 15.6 Å². The van der Waals surface area contributed by atoms with Crippen LogP contribution >= 0.6 is 23.1 Å². The predicted octanol–water partition coefficient (Wildman–Crippen LogP) is 3.80. The van der Waals surface area contributed by atoms with Gasteiger partial charge in [-0.05, 0) is 36.9 Å². The summed E-state index contributed by atoms with van der Waals surface area (Å²) < 4.78 is 6.44. The monoisotopic (exact) mass is 482 g/mol. The van der Waals surface area contributed by atoms with Gasteiger partial charge in [-0.3, -0.25) is 14.4 Å². The third-order valence-electron chi connectivity index (χ3n) is 5.91. The lowest BCUT2D eigenvalue weighted by Gasteiger charge is -2.29. The zero-order valence-electron chi connectivity index (χ0n) is 18.5. The summed E-state index contributed by atoms with van der Waals surface area (Å²) in [6, 6.07) is 18.8. The molecule has 4 rings (SSSR count). The van der Waals surface area contributed by atoms with E-state index in [1.165, 1.54) is 11.3 Å². The van der Waals surface area contributed by atoms with E-state index in [2.05, 4.69) is 10.6 Å². The summed E-state index contributed by atoms with van der Waals surface area (Å²) in [5, 5.41) is 6.72. The molecule has 3 atom stereocenters. The van der Waals surface area contributed by atoms with Crippen LogP contribution in [0, 0.1) is 0 Å². The molecule has 6 nitrogen and oxygen atoms in total. The molecule has 1 aromatic heterocycles. The number of carbonyl (C=O) groups is 3. The fourth-order valence-corrected chi connectivity index (χ4v) is 5.62. The largest absolute Gasteiger partial charge is 0.368 e. The van der Waals surface area contributed by atoms with Gasteiger partial charge in [0, 0.05) is 16.2 Å². The third kappa shape index (κ3) is 5.29. The number of benzene rings is 2. The van der Waals surface area contributed by atoms with Gasteiger partial charge in [0.2, 0.25) is 5.91 Å². The van der Waals surface area contributed by atoms with E-state index in [1.807, 2.05) is 60.7 Å². The van der Waals surface area contributed by atoms with Crippen molar-refractivity contribution in [2.45, 2.75) is 37.3 Å². The zero-order valence-corrected chi connectivity index (χ0v) is 20.1. The van der Waals surface area contributed by atoms with Gasteiger partial charge in [-0.2, -0.15) is 11.8 Å². The highest BCUT2D eigenvalue weighted by Gasteiger charge is 2.47. The van der Waals surface area contributed by atoms with Crippen molar-refractivity contribution in [2.24, 2.45) is 0 Å². The fraction of sp³-hybridized carbons (Fsp3) is 0.320. The third-order valence-corrected chi connectivity index (χ3v) is 8.13. The SMILES string of the molecule is CC1OCC(=O)C1(C)NC(=O)C(CSCc1ccccc1)NC(=O)c1cc2ccccc2s1. The first-order valence-corrected chi connectivity index (χ1v) is 12.7. The van der Waals surface area contributed by atoms with Crippen LogP contribution in [0.4, 0.5) is 0 Å². The minimum Gasteiger partial charge on any atom is -0.368 e. The molecule has 2 heterocycles. The lowest BCUT2D eigenvalue weighted by atomic mass is 9.93. The van der Waals surface area contributed by atoms with Crippen LogP contribution in [0.25, 0.3) is 10.1 Å². The number of fused-ring (bicyclic) bond motifs is 1. The number of thioether (sulfide) groups is 1. The van der Waals surface area contributed by atoms with Crippen molar-refractivity contribution in [2.75, 3.05) is 12.4 Å². The first-order chi connectivity index (χ1) is 15.9. The average Bonchev–Trinajstić information content (AvgIpc) is 3.36. The number of Topliss-reactive ketones (excluding diaryl/α,β-unsaturated/α-hetero) is 1. The summed E-state index contributed by atoms with van der Waals surface area (Å²) in [6.45, 7) is 3.41. The van der Waals surface area contributed by atoms with Gasteiger partial charge < -0.3 is 15.4 Å². The molecule has 0 aliphatic carbocycles. The smallest absolute Gasteiger partial charge is 0.262 e. The minimum atomic E-state index is -1.11. The van der Waals surface area contributed by atoms with E-state index in [4.69, 9.17) is 4.74 Å². The maximum Gasteiger partial charge on any atom is 0.262 e. The molecule has 0 bridgehead atoms. The molecule has 1 aliphatic rings. The van der Waals surface area contributed by atoms with Crippen molar-refractivity contribution >= 4 is 50.8 Å². The molecule has 0 spiro atoms. The second kappa shape index (κ2) is 10.1. The van der Waals surface area contributed by atoms with Crippen LogP contribution in [-0.2, 0) is 20.1 Å². The first kappa shape index (κ1) is 23.5. The number of hydrogen-bond donors (Lipinski definition) is 2. The molecule has 8 heteroatoms. The van der Waals surface area contributed by atoms with Crippen molar-refractivity contribution < 1.29 is 19.1 Å². The topological polar surface area (TPSA) is 84.5 Å². The average molecular weight is 483 g/mol. The van der Waals surface area contributed by atoms with Crippen LogP contribution in [-0.4, -0.2) is 47.6 Å². The first-order valence-electron chi connectivity index (χ1n) is 10.7. The molecule has 0 radical (unpaired) electrons. The summed E-state index contributed by atoms with van der Waals surface area (Å²) in [5.41, 5.74) is 0.0272. The molecular formula is C25H26N2O4S2. The van der Waals surface area contributed by atoms with Crippen LogP contribution in [0.3, 0.4) is 0 Å². The summed E-state index contributed by atoms with van der Waals surface area (Å²) in [5.74, 6) is 0.215. The highest BCUT2D eigenvalue weighted by molar-refractivity contribution is 7.98. The summed E-state index contributed by atoms with van der Waals surface area (Å²) in [6.07, 6.45) is -0.440. The number of rotatable bonds is 8. The molecule has 2 aromatic carbocycles. The molecular weight excluding hydrogens is 456 g/mol. The van der Waals surface area contributed by atoms with Gasteiger partial charge in [-0.1, -0.05) is 48.5 Å². The molecule has 1 fully saturated rings. The van der Waals surface area contributed by atoms with Crippen LogP contribution in [0.2, 0.25) is 0 Å². The maximum atomic E-state index is 13.2. The number of amides is 2. The van der Waals surface area contributed by atoms with E-state index < -0.39 is 23.6 Å². The maximum absolute atomic E-state index is 13.2. The molecule has 2 N–H and O–H groups in total. The zero-order chi connectivity index (χ0) is 23.4. The van der Waals surface area contributed by atoms with E-state index in [1.54, 1.807) is 25.6 Å². The predicted molar refractivity (Wildman–Crippen MR) is 133 cm³/mol. The van der Waals surface area contributed by atoms with Gasteiger partial charge in [0.25, 0.3) is 5.91 Å². The van der Waals surface area contributed by atoms with Gasteiger partial charge in [-0.25, -0.2) is 0 Å². The van der Waals surface area contributed by atoms with Crippen LogP contribution in [0.1, 0.15) is 29.1 Å². The van der Waals surface area contributed by atoms with E-state index in [-0.39, 0.29) is 18.3 Å². The second-order valence-electron chi connectivity index (χ2n) is 8.24. The van der Waals surface area contributed by atoms with Crippen molar-refractivity contribution in [1.82, 2.24) is 10.6 Å². The number of thiophene rings is 1. The Morgan fingerprint density at radius 3 is 2.61 bits per heavy atom. The minimum absolute atomic E-state index is 0.0283. The molecule has 1 saturated heterocycles. The highest BCUT2D eigenvalue weighted by atomic mass is 32.2. The summed E-state index contributed by atoms with van der Waals surface area (Å²) in [7, 11) is 0. The Labute approximate surface area is 201 Å². The summed E-state index contributed by atoms with van der Waals surface area (Å²) >= 11 is 2.94. The van der Waals surface area contributed by atoms with Crippen molar-refractivity contribution in [3.05, 3.63) is 71.1 Å². The molecule has 33 heavy (non-hydrogen) atoms. The number of ketones is 1. The quantitative estimate of drug-likeness (QED) is 0.510. The number of ether oxygens (including phenoxy) is 1. The van der Waals surface area contributed by atoms with Gasteiger partial charge in [-0.15, -0.1) is 11.3 Å². The van der Waals surface area contributed by atoms with Gasteiger partial charge >= 0.3 is 0 Å². The molecule has 2 amide bonds. The molecule has 172 valence electrons. The van der Waals surface area contributed by atoms with Crippen molar-refractivity contribution in [3.8, 4) is 0 Å². The summed E-state index contributed by atoms with van der Waals surface area (Å²) in [4.78, 5) is 39.2. The molecule has 3 unspecified atom stereocenters. The lowest BCUT2D eigenvalue weighted by Crippen LogP contribution is -2.60. The molecule has 1 aliphatic heterocycles. The van der Waals surface area contributed by atoms with Crippen LogP contribution in [0.15, 0.2) is 60.7 Å². The van der Waals surface area contributed by atoms with E-state index >= 15 is 0 Å². The normalized spacial score (nSPS) is 21.2. The Morgan fingerprint density at radius 2 is 1.91 bits per heavy atom. The van der Waals surface area contributed by atoms with Crippen molar-refractivity contribution in [3.63, 3.8) is 0 Å². The standard InChI is InChI=1S/C25H26N2O4S2/c1-16-25(2,22(28)13-31-16)27-23(29)19(15-32-14-17-8-4-3-5-9-17)26-24(30)21-12-18-10-6-7-11-20(18)33-21/h3-12,16,19H,13-15H2,1-2H3,(H,26,30)(H,27,29). The van der Waals surface area contributed by atoms with Gasteiger partial charge in [0.05, 0.1) is 11.0 Å². The van der Waals surface area contributed by atoms with Gasteiger partial charge in [0.15, 0.2) is 5.78 Å². The number of nitrogens with one attached hydrogen (secondary N) is 2. The lowest BCUT2D eigenvalue weighted by molar-refractivity contribution is -0.130. The van der Waals surface area contributed by atoms with E-state index in [0.29, 0.717) is 16.4 Å². The number of carbonyl (C=O) groups excluding carboxylic acids is 3. The fourth-order valence-electron chi connectivity index (χ4n) is 3.63. The Balaban J connectivity index is 1.48. The Morgan fingerprint density at radius 1 is 1.18 bits per heavy atom. The second-order valence-corrected chi connectivity index (χ2v) is 10.4.